The summed E-state index contributed by atoms with van der Waals surface area (Å²) in [6.07, 6.45) is 3.58. The first-order valence-corrected chi connectivity index (χ1v) is 28.5. The first kappa shape index (κ1) is 50.7. The van der Waals surface area contributed by atoms with Gasteiger partial charge in [0.2, 0.25) is 0 Å². The quantitative estimate of drug-likeness (QED) is 0.0989. The van der Waals surface area contributed by atoms with E-state index in [0.29, 0.717) is 82.3 Å². The number of hydrogen-bond donors (Lipinski definition) is 1. The second-order valence-electron chi connectivity index (χ2n) is 21.9. The van der Waals surface area contributed by atoms with E-state index in [-0.39, 0.29) is 58.5 Å². The average molecular weight is 932 g/mol. The molecule has 2 aliphatic heterocycles. The molecule has 8 nitrogen and oxygen atoms in total. The first-order valence-electron chi connectivity index (χ1n) is 24.1. The molecule has 356 valence electrons. The van der Waals surface area contributed by atoms with Gasteiger partial charge in [0.15, 0.2) is 5.82 Å². The van der Waals surface area contributed by atoms with Gasteiger partial charge in [-0.05, 0) is 103 Å². The molecule has 0 saturated carbocycles. The van der Waals surface area contributed by atoms with Gasteiger partial charge < -0.3 is 24.1 Å². The molecule has 2 fully saturated rings. The van der Waals surface area contributed by atoms with Crippen molar-refractivity contribution in [3.8, 4) is 34.5 Å². The van der Waals surface area contributed by atoms with E-state index in [1.807, 2.05) is 31.0 Å². The topological polar surface area (TPSA) is 83.8 Å². The lowest BCUT2D eigenvalue weighted by molar-refractivity contribution is 0.000293. The van der Waals surface area contributed by atoms with Crippen LogP contribution in [0.15, 0.2) is 30.5 Å². The Labute approximate surface area is 389 Å². The van der Waals surface area contributed by atoms with Crippen LogP contribution < -0.4 is 14.1 Å². The summed E-state index contributed by atoms with van der Waals surface area (Å²) in [5.74, 6) is 2.96. The fourth-order valence-electron chi connectivity index (χ4n) is 12.1. The Morgan fingerprint density at radius 3 is 2.11 bits per heavy atom. The molecule has 13 heteroatoms. The van der Waals surface area contributed by atoms with Crippen LogP contribution in [0, 0.1) is 34.4 Å². The largest absolute Gasteiger partial charge is 0.543 e. The van der Waals surface area contributed by atoms with Gasteiger partial charge in [-0.15, -0.1) is 5.54 Å². The van der Waals surface area contributed by atoms with Crippen molar-refractivity contribution in [1.29, 1.82) is 0 Å². The van der Waals surface area contributed by atoms with Crippen molar-refractivity contribution < 1.29 is 27.4 Å². The number of fused-ring (bicyclic) bond motifs is 2. The molecule has 1 N–H and O–H groups in total. The van der Waals surface area contributed by atoms with Gasteiger partial charge in [-0.2, -0.15) is 9.97 Å². The predicted molar refractivity (Wildman–Crippen MR) is 267 cm³/mol. The van der Waals surface area contributed by atoms with Gasteiger partial charge in [0.25, 0.3) is 8.32 Å². The second kappa shape index (κ2) is 19.5. The number of likely N-dealkylation sites (tertiary alicyclic amines) is 1. The number of alkyl halides is 1. The summed E-state index contributed by atoms with van der Waals surface area (Å²) < 4.78 is 62.9. The lowest BCUT2D eigenvalue weighted by Gasteiger charge is -2.43. The van der Waals surface area contributed by atoms with Crippen molar-refractivity contribution in [2.75, 3.05) is 51.4 Å². The first-order chi connectivity index (χ1) is 30.4. The molecule has 0 spiro atoms. The number of halogens is 3. The zero-order valence-corrected chi connectivity index (χ0v) is 43.9. The third kappa shape index (κ3) is 9.71. The standard InChI is InChI=1S/C52H76F3N5O3Si2/c1-32(2)64(33(3)4,34(5)6)24-20-41-44(54)18-17-38-25-40(63-65(35(7)8,36(9)10)37(11)12)26-42(45(38)41)47-46(55)48-43(28-56-47)49(60-22-16-21-52(14,61)30-60)58-50(57-48)62-31-51(13)29-59(15)23-19-39(51)27-53/h17-18,25-26,28,32-37,39,61H,16,19,21-23,27,29-31H2,1-15H3/t39-,51+,52?/m1/s1. The number of nitrogens with zero attached hydrogens (tertiary/aromatic N) is 5. The van der Waals surface area contributed by atoms with Crippen LogP contribution in [0.5, 0.6) is 11.8 Å². The van der Waals surface area contributed by atoms with E-state index in [1.165, 1.54) is 6.07 Å². The van der Waals surface area contributed by atoms with E-state index in [9.17, 15) is 9.50 Å². The van der Waals surface area contributed by atoms with E-state index >= 15 is 8.78 Å². The molecule has 1 unspecified atom stereocenters. The maximum absolute atomic E-state index is 18.1. The fraction of sp³-hybridized carbons (Fsp3) is 0.635. The summed E-state index contributed by atoms with van der Waals surface area (Å²) in [4.78, 5) is 18.6. The lowest BCUT2D eigenvalue weighted by atomic mass is 9.73. The van der Waals surface area contributed by atoms with E-state index in [0.717, 1.165) is 6.54 Å². The summed E-state index contributed by atoms with van der Waals surface area (Å²) in [6, 6.07) is 6.93. The summed E-state index contributed by atoms with van der Waals surface area (Å²) in [7, 11) is -2.84. The molecule has 4 heterocycles. The highest BCUT2D eigenvalue weighted by molar-refractivity contribution is 6.90. The number of anilines is 1. The number of β-amino-alcohol motifs (C(OH)–C–C–N with tert-alkyl or cyclic N) is 1. The third-order valence-electron chi connectivity index (χ3n) is 15.4. The van der Waals surface area contributed by atoms with Crippen LogP contribution in [0.4, 0.5) is 19.0 Å². The van der Waals surface area contributed by atoms with Crippen LogP contribution in [0.3, 0.4) is 0 Å². The van der Waals surface area contributed by atoms with Gasteiger partial charge in [0, 0.05) is 42.2 Å². The van der Waals surface area contributed by atoms with Crippen LogP contribution in [0.2, 0.25) is 33.2 Å². The molecule has 0 bridgehead atoms. The van der Waals surface area contributed by atoms with Crippen LogP contribution >= 0.6 is 0 Å². The van der Waals surface area contributed by atoms with E-state index in [4.69, 9.17) is 24.1 Å². The van der Waals surface area contributed by atoms with Gasteiger partial charge in [0.05, 0.1) is 29.8 Å². The smallest absolute Gasteiger partial charge is 0.319 e. The number of aliphatic hydroxyl groups is 1. The zero-order chi connectivity index (χ0) is 48.0. The minimum Gasteiger partial charge on any atom is -0.543 e. The van der Waals surface area contributed by atoms with Gasteiger partial charge in [-0.1, -0.05) is 102 Å². The Kier molecular flexibility index (Phi) is 15.2. The Morgan fingerprint density at radius 1 is 0.877 bits per heavy atom. The highest BCUT2D eigenvalue weighted by Crippen LogP contribution is 2.47. The predicted octanol–water partition coefficient (Wildman–Crippen LogP) is 12.9. The number of rotatable bonds is 14. The lowest BCUT2D eigenvalue weighted by Crippen LogP contribution is -2.50. The van der Waals surface area contributed by atoms with Gasteiger partial charge >= 0.3 is 6.01 Å². The SMILES string of the molecule is CC(C)[Si](C#Cc1c(F)ccc2cc(O[Si](C(C)C)(C(C)C)C(C)C)cc(-c3ncc4c(N5CCCC(C)(O)C5)nc(OC[C@]5(C)CN(C)CC[C@@H]5CF)nc4c3F)c12)(C(C)C)C(C)C. The fourth-order valence-corrected chi connectivity index (χ4v) is 22.5. The Hall–Kier alpha value is -3.71. The Morgan fingerprint density at radius 2 is 1.52 bits per heavy atom. The van der Waals surface area contributed by atoms with Crippen molar-refractivity contribution in [3.63, 3.8) is 0 Å². The van der Waals surface area contributed by atoms with Gasteiger partial charge in [0.1, 0.15) is 36.7 Å². The maximum Gasteiger partial charge on any atom is 0.319 e. The van der Waals surface area contributed by atoms with Crippen molar-refractivity contribution in [3.05, 3.63) is 47.7 Å². The number of aromatic nitrogens is 3. The molecule has 2 saturated heterocycles. The number of benzene rings is 2. The molecule has 3 atom stereocenters. The highest BCUT2D eigenvalue weighted by atomic mass is 28.4. The summed E-state index contributed by atoms with van der Waals surface area (Å²) in [5, 5.41) is 12.7. The maximum atomic E-state index is 18.1. The monoisotopic (exact) mass is 932 g/mol. The van der Waals surface area contributed by atoms with Gasteiger partial charge in [-0.25, -0.2) is 8.78 Å². The molecule has 2 aliphatic rings. The zero-order valence-electron chi connectivity index (χ0n) is 41.9. The molecule has 0 amide bonds. The Balaban J connectivity index is 1.65. The molecule has 2 aromatic carbocycles. The van der Waals surface area contributed by atoms with Gasteiger partial charge in [-0.3, -0.25) is 9.37 Å². The highest BCUT2D eigenvalue weighted by Gasteiger charge is 2.47. The second-order valence-corrected chi connectivity index (χ2v) is 32.9. The van der Waals surface area contributed by atoms with Crippen molar-refractivity contribution in [2.24, 2.45) is 11.3 Å². The van der Waals surface area contributed by atoms with E-state index in [2.05, 4.69) is 99.4 Å². The molecule has 65 heavy (non-hydrogen) atoms. The van der Waals surface area contributed by atoms with E-state index in [1.54, 1.807) is 19.2 Å². The molecule has 2 aromatic heterocycles. The van der Waals surface area contributed by atoms with Crippen molar-refractivity contribution >= 4 is 43.9 Å². The van der Waals surface area contributed by atoms with E-state index < -0.39 is 45.7 Å². The number of piperidine rings is 2. The molecule has 0 aliphatic carbocycles. The average Bonchev–Trinajstić information content (AvgIpc) is 3.21. The van der Waals surface area contributed by atoms with Crippen molar-refractivity contribution in [2.45, 2.75) is 155 Å². The van der Waals surface area contributed by atoms with Crippen LogP contribution in [0.1, 0.15) is 122 Å². The molecule has 4 aromatic rings. The minimum absolute atomic E-state index is 0.0159. The minimum atomic E-state index is -2.53. The van der Waals surface area contributed by atoms with Crippen molar-refractivity contribution in [1.82, 2.24) is 19.9 Å². The molecular weight excluding hydrogens is 856 g/mol. The van der Waals surface area contributed by atoms with Crippen LogP contribution in [0.25, 0.3) is 32.9 Å². The number of pyridine rings is 1. The van der Waals surface area contributed by atoms with Crippen LogP contribution in [-0.2, 0) is 0 Å². The summed E-state index contributed by atoms with van der Waals surface area (Å²) in [6.45, 7) is 32.4. The molecule has 6 rings (SSSR count). The third-order valence-corrected chi connectivity index (χ3v) is 27.7. The molecule has 0 radical (unpaired) electrons. The summed E-state index contributed by atoms with van der Waals surface area (Å²) >= 11 is 0. The number of ether oxygens (including phenoxy) is 1. The Bertz CT molecular complexity index is 2370. The number of hydrogen-bond acceptors (Lipinski definition) is 8. The van der Waals surface area contributed by atoms with Crippen LogP contribution in [-0.4, -0.2) is 93.5 Å². The molecular formula is C52H76F3N5O3Si2. The summed E-state index contributed by atoms with van der Waals surface area (Å²) in [5.41, 5.74) is 4.43. The normalized spacial score (nSPS) is 21.4.